The zero-order chi connectivity index (χ0) is 23.2. The molecular formula is C26H30N4O3. The van der Waals surface area contributed by atoms with Gasteiger partial charge in [0.2, 0.25) is 5.91 Å². The number of nitrogens with zero attached hydrogens (tertiary/aromatic N) is 3. The first-order valence-electron chi connectivity index (χ1n) is 11.3. The van der Waals surface area contributed by atoms with Crippen LogP contribution in [0.1, 0.15) is 41.0 Å². The largest absolute Gasteiger partial charge is 0.467 e. The first-order chi connectivity index (χ1) is 16.0. The molecule has 1 aliphatic rings. The normalized spacial score (nSPS) is 14.8. The number of carbonyl (C=O) groups is 1. The van der Waals surface area contributed by atoms with E-state index in [1.54, 1.807) is 6.26 Å². The molecule has 0 spiro atoms. The van der Waals surface area contributed by atoms with Crippen LogP contribution in [0.25, 0.3) is 0 Å². The highest BCUT2D eigenvalue weighted by Crippen LogP contribution is 2.27. The Kier molecular flexibility index (Phi) is 7.28. The number of aromatic nitrogens is 1. The van der Waals surface area contributed by atoms with Gasteiger partial charge in [0.15, 0.2) is 0 Å². The fraction of sp³-hybridized carbons (Fsp3) is 0.385. The number of hydrogen-bond donors (Lipinski definition) is 1. The molecular weight excluding hydrogens is 416 g/mol. The zero-order valence-corrected chi connectivity index (χ0v) is 19.2. The number of anilines is 1. The predicted molar refractivity (Wildman–Crippen MR) is 126 cm³/mol. The first-order valence-corrected chi connectivity index (χ1v) is 11.3. The Morgan fingerprint density at radius 2 is 1.94 bits per heavy atom. The molecule has 0 aliphatic carbocycles. The summed E-state index contributed by atoms with van der Waals surface area (Å²) < 4.78 is 13.5. The highest BCUT2D eigenvalue weighted by Gasteiger charge is 2.24. The summed E-state index contributed by atoms with van der Waals surface area (Å²) in [6.45, 7) is 6.85. The lowest BCUT2D eigenvalue weighted by molar-refractivity contribution is -0.118. The van der Waals surface area contributed by atoms with Crippen LogP contribution >= 0.6 is 0 Å². The van der Waals surface area contributed by atoms with Crippen molar-refractivity contribution < 1.29 is 13.9 Å². The van der Waals surface area contributed by atoms with Crippen LogP contribution in [0.2, 0.25) is 0 Å². The van der Waals surface area contributed by atoms with Gasteiger partial charge >= 0.3 is 0 Å². The standard InChI is InChI=1S/C26H30N4O3/c1-19-20(2)30(16-23-9-6-14-32-23)26(24(19)15-27)28-25(31)17-29-12-10-22(11-13-29)33-18-21-7-4-3-5-8-21/h3-9,14,22H,10-13,16-18H2,1-2H3,(H,28,31). The van der Waals surface area contributed by atoms with Crippen LogP contribution in [0.4, 0.5) is 5.82 Å². The van der Waals surface area contributed by atoms with Gasteiger partial charge in [0.05, 0.1) is 37.6 Å². The third-order valence-electron chi connectivity index (χ3n) is 6.32. The van der Waals surface area contributed by atoms with Crippen molar-refractivity contribution in [2.45, 2.75) is 45.9 Å². The third-order valence-corrected chi connectivity index (χ3v) is 6.32. The summed E-state index contributed by atoms with van der Waals surface area (Å²) in [5.41, 5.74) is 3.49. The van der Waals surface area contributed by atoms with E-state index in [4.69, 9.17) is 9.15 Å². The Labute approximate surface area is 194 Å². The number of hydrogen-bond acceptors (Lipinski definition) is 5. The van der Waals surface area contributed by atoms with Gasteiger partial charge in [-0.15, -0.1) is 0 Å². The van der Waals surface area contributed by atoms with Crippen LogP contribution in [0.5, 0.6) is 0 Å². The van der Waals surface area contributed by atoms with E-state index in [1.165, 1.54) is 5.56 Å². The van der Waals surface area contributed by atoms with Crippen molar-refractivity contribution in [1.82, 2.24) is 9.47 Å². The fourth-order valence-corrected chi connectivity index (χ4v) is 4.28. The maximum atomic E-state index is 12.9. The summed E-state index contributed by atoms with van der Waals surface area (Å²) in [5, 5.41) is 12.7. The lowest BCUT2D eigenvalue weighted by Gasteiger charge is -2.31. The Morgan fingerprint density at radius 3 is 2.61 bits per heavy atom. The van der Waals surface area contributed by atoms with Crippen LogP contribution < -0.4 is 5.32 Å². The van der Waals surface area contributed by atoms with Crippen molar-refractivity contribution in [3.63, 3.8) is 0 Å². The molecule has 7 nitrogen and oxygen atoms in total. The van der Waals surface area contributed by atoms with Crippen molar-refractivity contribution >= 4 is 11.7 Å². The van der Waals surface area contributed by atoms with Crippen molar-refractivity contribution in [1.29, 1.82) is 5.26 Å². The number of ether oxygens (including phenoxy) is 1. The number of rotatable bonds is 8. The molecule has 4 rings (SSSR count). The highest BCUT2D eigenvalue weighted by molar-refractivity contribution is 5.93. The second-order valence-corrected chi connectivity index (χ2v) is 8.53. The van der Waals surface area contributed by atoms with E-state index in [0.717, 1.165) is 42.9 Å². The molecule has 0 radical (unpaired) electrons. The molecule has 7 heteroatoms. The average molecular weight is 447 g/mol. The average Bonchev–Trinajstić information content (AvgIpc) is 3.42. The molecule has 2 aromatic heterocycles. The zero-order valence-electron chi connectivity index (χ0n) is 19.2. The monoisotopic (exact) mass is 446 g/mol. The van der Waals surface area contributed by atoms with Gasteiger partial charge in [0.25, 0.3) is 0 Å². The molecule has 3 heterocycles. The Bertz CT molecular complexity index is 1100. The summed E-state index contributed by atoms with van der Waals surface area (Å²) in [4.78, 5) is 15.0. The molecule has 0 bridgehead atoms. The molecule has 1 saturated heterocycles. The van der Waals surface area contributed by atoms with Crippen LogP contribution in [0, 0.1) is 25.2 Å². The Morgan fingerprint density at radius 1 is 1.18 bits per heavy atom. The topological polar surface area (TPSA) is 83.4 Å². The van der Waals surface area contributed by atoms with E-state index < -0.39 is 0 Å². The summed E-state index contributed by atoms with van der Waals surface area (Å²) in [5.74, 6) is 1.19. The van der Waals surface area contributed by atoms with Gasteiger partial charge in [0, 0.05) is 18.8 Å². The molecule has 1 fully saturated rings. The molecule has 0 saturated carbocycles. The number of amides is 1. The van der Waals surface area contributed by atoms with Gasteiger partial charge in [0.1, 0.15) is 17.6 Å². The van der Waals surface area contributed by atoms with Crippen molar-refractivity contribution in [3.8, 4) is 6.07 Å². The summed E-state index contributed by atoms with van der Waals surface area (Å²) in [7, 11) is 0. The summed E-state index contributed by atoms with van der Waals surface area (Å²) in [6.07, 6.45) is 3.64. The lowest BCUT2D eigenvalue weighted by atomic mass is 10.1. The van der Waals surface area contributed by atoms with Crippen molar-refractivity contribution in [3.05, 3.63) is 76.9 Å². The van der Waals surface area contributed by atoms with E-state index in [9.17, 15) is 10.1 Å². The minimum Gasteiger partial charge on any atom is -0.467 e. The van der Waals surface area contributed by atoms with Crippen LogP contribution in [-0.4, -0.2) is 41.1 Å². The molecule has 0 unspecified atom stereocenters. The molecule has 172 valence electrons. The Balaban J connectivity index is 1.33. The smallest absolute Gasteiger partial charge is 0.239 e. The molecule has 33 heavy (non-hydrogen) atoms. The summed E-state index contributed by atoms with van der Waals surface area (Å²) >= 11 is 0. The van der Waals surface area contributed by atoms with Crippen LogP contribution in [-0.2, 0) is 22.7 Å². The third kappa shape index (κ3) is 5.54. The predicted octanol–water partition coefficient (Wildman–Crippen LogP) is 4.24. The SMILES string of the molecule is Cc1c(C#N)c(NC(=O)CN2CCC(OCc3ccccc3)CC2)n(Cc2ccco2)c1C. The van der Waals surface area contributed by atoms with Crippen molar-refractivity contribution in [2.24, 2.45) is 0 Å². The molecule has 1 N–H and O–H groups in total. The van der Waals surface area contributed by atoms with E-state index in [2.05, 4.69) is 28.4 Å². The molecule has 3 aromatic rings. The van der Waals surface area contributed by atoms with E-state index in [-0.39, 0.29) is 12.0 Å². The van der Waals surface area contributed by atoms with Gasteiger partial charge in [-0.1, -0.05) is 30.3 Å². The maximum absolute atomic E-state index is 12.9. The molecule has 1 amide bonds. The molecule has 1 aliphatic heterocycles. The molecule has 1 aromatic carbocycles. The first kappa shape index (κ1) is 22.8. The van der Waals surface area contributed by atoms with Crippen molar-refractivity contribution in [2.75, 3.05) is 25.0 Å². The van der Waals surface area contributed by atoms with Gasteiger partial charge in [-0.3, -0.25) is 9.69 Å². The maximum Gasteiger partial charge on any atom is 0.239 e. The van der Waals surface area contributed by atoms with Crippen LogP contribution in [0.15, 0.2) is 53.1 Å². The van der Waals surface area contributed by atoms with Gasteiger partial charge in [-0.2, -0.15) is 5.26 Å². The minimum atomic E-state index is -0.117. The van der Waals surface area contributed by atoms with Gasteiger partial charge in [-0.25, -0.2) is 0 Å². The second kappa shape index (κ2) is 10.5. The van der Waals surface area contributed by atoms with Gasteiger partial charge < -0.3 is 19.0 Å². The van der Waals surface area contributed by atoms with Gasteiger partial charge in [-0.05, 0) is 49.9 Å². The van der Waals surface area contributed by atoms with E-state index in [1.807, 2.05) is 48.7 Å². The number of carbonyl (C=O) groups excluding carboxylic acids is 1. The van der Waals surface area contributed by atoms with E-state index in [0.29, 0.717) is 31.1 Å². The number of nitriles is 1. The summed E-state index contributed by atoms with van der Waals surface area (Å²) in [6, 6.07) is 16.1. The van der Waals surface area contributed by atoms with Crippen LogP contribution in [0.3, 0.4) is 0 Å². The number of piperidine rings is 1. The number of benzene rings is 1. The van der Waals surface area contributed by atoms with E-state index >= 15 is 0 Å². The Hall–Kier alpha value is -3.34. The highest BCUT2D eigenvalue weighted by atomic mass is 16.5. The number of nitrogens with one attached hydrogen (secondary N) is 1. The molecule has 0 atom stereocenters. The number of furan rings is 1. The fourth-order valence-electron chi connectivity index (χ4n) is 4.28. The second-order valence-electron chi connectivity index (χ2n) is 8.53. The minimum absolute atomic E-state index is 0.117. The quantitative estimate of drug-likeness (QED) is 0.560. The number of likely N-dealkylation sites (tertiary alicyclic amines) is 1. The lowest BCUT2D eigenvalue weighted by Crippen LogP contribution is -2.41.